The van der Waals surface area contributed by atoms with Crippen LogP contribution in [0.2, 0.25) is 0 Å². The van der Waals surface area contributed by atoms with Crippen molar-refractivity contribution in [3.8, 4) is 5.75 Å². The average molecular weight is 254 g/mol. The summed E-state index contributed by atoms with van der Waals surface area (Å²) in [4.78, 5) is 0. The molecular weight excluding hydrogens is 240 g/mol. The van der Waals surface area contributed by atoms with E-state index in [1.165, 1.54) is 0 Å². The number of benzene rings is 1. The van der Waals surface area contributed by atoms with Crippen molar-refractivity contribution in [2.75, 3.05) is 11.5 Å². The fourth-order valence-corrected chi connectivity index (χ4v) is 3.28. The summed E-state index contributed by atoms with van der Waals surface area (Å²) in [7, 11) is -2.87. The molecule has 5 heteroatoms. The molecule has 17 heavy (non-hydrogen) atoms. The van der Waals surface area contributed by atoms with Crippen LogP contribution in [0.25, 0.3) is 0 Å². The third kappa shape index (κ3) is 2.05. The number of rotatable bonds is 3. The highest BCUT2D eigenvalue weighted by molar-refractivity contribution is 7.92. The fraction of sp³-hybridized carbons (Fsp3) is 0.500. The Balaban J connectivity index is 1.79. The first-order valence-corrected chi connectivity index (χ1v) is 7.50. The lowest BCUT2D eigenvalue weighted by Gasteiger charge is -2.28. The molecule has 1 aliphatic carbocycles. The Kier molecular flexibility index (Phi) is 2.25. The van der Waals surface area contributed by atoms with Gasteiger partial charge in [-0.2, -0.15) is 0 Å². The number of para-hydroxylation sites is 1. The van der Waals surface area contributed by atoms with Crippen molar-refractivity contribution >= 4 is 9.84 Å². The van der Waals surface area contributed by atoms with E-state index in [2.05, 4.69) is 0 Å². The summed E-state index contributed by atoms with van der Waals surface area (Å²) in [6.07, 6.45) is 1.23. The van der Waals surface area contributed by atoms with Crippen LogP contribution in [-0.2, 0) is 15.4 Å². The molecule has 2 fully saturated rings. The van der Waals surface area contributed by atoms with E-state index in [-0.39, 0.29) is 17.6 Å². The van der Waals surface area contributed by atoms with Gasteiger partial charge in [0.2, 0.25) is 0 Å². The number of sulfone groups is 1. The molecule has 0 radical (unpaired) electrons. The highest BCUT2D eigenvalue weighted by Gasteiger charge is 2.45. The Hall–Kier alpha value is -1.07. The lowest BCUT2D eigenvalue weighted by molar-refractivity contribution is 0.141. The van der Waals surface area contributed by atoms with Crippen molar-refractivity contribution in [3.63, 3.8) is 0 Å². The normalized spacial score (nSPS) is 25.0. The summed E-state index contributed by atoms with van der Waals surface area (Å²) >= 11 is 0. The van der Waals surface area contributed by atoms with Gasteiger partial charge in [0, 0.05) is 5.56 Å². The highest BCUT2D eigenvalue weighted by Crippen LogP contribution is 2.48. The van der Waals surface area contributed by atoms with Crippen molar-refractivity contribution in [1.29, 1.82) is 0 Å². The molecule has 3 rings (SSSR count). The van der Waals surface area contributed by atoms with Gasteiger partial charge in [0.05, 0.1) is 17.1 Å². The molecule has 4 nitrogen and oxygen atoms in total. The van der Waals surface area contributed by atoms with Crippen molar-refractivity contribution in [2.24, 2.45) is 0 Å². The third-order valence-electron chi connectivity index (χ3n) is 3.29. The van der Waals surface area contributed by atoms with Crippen molar-refractivity contribution in [2.45, 2.75) is 24.5 Å². The smallest absolute Gasteiger partial charge is 0.157 e. The van der Waals surface area contributed by atoms with Gasteiger partial charge in [-0.1, -0.05) is 18.2 Å². The van der Waals surface area contributed by atoms with Gasteiger partial charge in [-0.05, 0) is 18.9 Å². The Bertz CT molecular complexity index is 533. The first-order valence-electron chi connectivity index (χ1n) is 5.68. The van der Waals surface area contributed by atoms with Crippen LogP contribution in [0.3, 0.4) is 0 Å². The van der Waals surface area contributed by atoms with Gasteiger partial charge in [-0.25, -0.2) is 8.42 Å². The maximum absolute atomic E-state index is 11.1. The van der Waals surface area contributed by atoms with E-state index < -0.39 is 15.4 Å². The molecule has 1 aromatic carbocycles. The van der Waals surface area contributed by atoms with Crippen LogP contribution in [0.15, 0.2) is 24.3 Å². The molecule has 1 saturated carbocycles. The number of hydrogen-bond acceptors (Lipinski definition) is 4. The molecule has 1 aliphatic heterocycles. The Morgan fingerprint density at radius 2 is 1.88 bits per heavy atom. The van der Waals surface area contributed by atoms with E-state index in [1.807, 2.05) is 18.2 Å². The second-order valence-electron chi connectivity index (χ2n) is 4.84. The summed E-state index contributed by atoms with van der Waals surface area (Å²) in [5, 5.41) is 10.1. The average Bonchev–Trinajstić information content (AvgIpc) is 2.96. The van der Waals surface area contributed by atoms with Gasteiger partial charge < -0.3 is 9.84 Å². The summed E-state index contributed by atoms with van der Waals surface area (Å²) in [6.45, 7) is 0. The Morgan fingerprint density at radius 3 is 2.47 bits per heavy atom. The van der Waals surface area contributed by atoms with Crippen LogP contribution in [0.4, 0.5) is 0 Å². The van der Waals surface area contributed by atoms with Gasteiger partial charge >= 0.3 is 0 Å². The van der Waals surface area contributed by atoms with E-state index in [1.54, 1.807) is 6.07 Å². The number of aliphatic hydroxyl groups is 1. The minimum atomic E-state index is -2.87. The zero-order chi connectivity index (χ0) is 12.1. The van der Waals surface area contributed by atoms with Gasteiger partial charge in [0.1, 0.15) is 11.9 Å². The van der Waals surface area contributed by atoms with E-state index in [4.69, 9.17) is 4.74 Å². The van der Waals surface area contributed by atoms with E-state index >= 15 is 0 Å². The van der Waals surface area contributed by atoms with Crippen molar-refractivity contribution in [1.82, 2.24) is 0 Å². The molecule has 0 spiro atoms. The molecule has 1 N–H and O–H groups in total. The summed E-state index contributed by atoms with van der Waals surface area (Å²) in [5.74, 6) is 0.784. The molecule has 0 atom stereocenters. The first kappa shape index (κ1) is 11.0. The van der Waals surface area contributed by atoms with E-state index in [0.29, 0.717) is 5.75 Å². The van der Waals surface area contributed by atoms with Gasteiger partial charge in [0.25, 0.3) is 0 Å². The van der Waals surface area contributed by atoms with E-state index in [0.717, 1.165) is 18.4 Å². The minimum Gasteiger partial charge on any atom is -0.488 e. The molecule has 92 valence electrons. The predicted octanol–water partition coefficient (Wildman–Crippen LogP) is 0.844. The van der Waals surface area contributed by atoms with Crippen LogP contribution in [0, 0.1) is 0 Å². The molecule has 0 aromatic heterocycles. The molecule has 1 aromatic rings. The van der Waals surface area contributed by atoms with Crippen LogP contribution in [-0.4, -0.2) is 31.1 Å². The topological polar surface area (TPSA) is 63.6 Å². The second-order valence-corrected chi connectivity index (χ2v) is 7.00. The van der Waals surface area contributed by atoms with Crippen LogP contribution in [0.5, 0.6) is 5.75 Å². The molecule has 0 bridgehead atoms. The SMILES string of the molecule is O=S1(=O)CC(Oc2ccccc2C2(O)CC2)C1. The van der Waals surface area contributed by atoms with Gasteiger partial charge in [0.15, 0.2) is 9.84 Å². The molecule has 0 unspecified atom stereocenters. The molecule has 1 heterocycles. The van der Waals surface area contributed by atoms with E-state index in [9.17, 15) is 13.5 Å². The predicted molar refractivity (Wildman–Crippen MR) is 62.6 cm³/mol. The maximum Gasteiger partial charge on any atom is 0.157 e. The zero-order valence-corrected chi connectivity index (χ0v) is 10.1. The summed E-state index contributed by atoms with van der Waals surface area (Å²) in [5.41, 5.74) is 0.0310. The lowest BCUT2D eigenvalue weighted by atomic mass is 10.1. The minimum absolute atomic E-state index is 0.0831. The monoisotopic (exact) mass is 254 g/mol. The second kappa shape index (κ2) is 3.46. The zero-order valence-electron chi connectivity index (χ0n) is 9.30. The molecule has 2 aliphatic rings. The van der Waals surface area contributed by atoms with Crippen molar-refractivity contribution in [3.05, 3.63) is 29.8 Å². The first-order chi connectivity index (χ1) is 7.99. The van der Waals surface area contributed by atoms with Crippen molar-refractivity contribution < 1.29 is 18.3 Å². The summed E-state index contributed by atoms with van der Waals surface area (Å²) in [6, 6.07) is 7.32. The Morgan fingerprint density at radius 1 is 1.24 bits per heavy atom. The lowest BCUT2D eigenvalue weighted by Crippen LogP contribution is -2.45. The molecule has 1 saturated heterocycles. The third-order valence-corrected chi connectivity index (χ3v) is 5.04. The van der Waals surface area contributed by atoms with Gasteiger partial charge in [-0.15, -0.1) is 0 Å². The largest absolute Gasteiger partial charge is 0.488 e. The molecule has 0 amide bonds. The maximum atomic E-state index is 11.1. The van der Waals surface area contributed by atoms with Crippen LogP contribution in [0.1, 0.15) is 18.4 Å². The number of ether oxygens (including phenoxy) is 1. The van der Waals surface area contributed by atoms with Gasteiger partial charge in [-0.3, -0.25) is 0 Å². The molecular formula is C12H14O4S. The summed E-state index contributed by atoms with van der Waals surface area (Å²) < 4.78 is 27.7. The standard InChI is InChI=1S/C12H14O4S/c13-12(5-6-12)10-3-1-2-4-11(10)16-9-7-17(14,15)8-9/h1-4,9,13H,5-8H2. The van der Waals surface area contributed by atoms with Crippen LogP contribution >= 0.6 is 0 Å². The number of hydrogen-bond donors (Lipinski definition) is 1. The fourth-order valence-electron chi connectivity index (χ4n) is 2.11. The van der Waals surface area contributed by atoms with Crippen LogP contribution < -0.4 is 4.74 Å². The highest BCUT2D eigenvalue weighted by atomic mass is 32.2. The Labute approximate surface area is 100 Å². The quantitative estimate of drug-likeness (QED) is 0.868.